The molecule has 1 aliphatic heterocycles. The predicted molar refractivity (Wildman–Crippen MR) is 78.5 cm³/mol. The maximum atomic E-state index is 9.01. The first kappa shape index (κ1) is 14.5. The molecule has 0 aromatic carbocycles. The van der Waals surface area contributed by atoms with E-state index in [2.05, 4.69) is 38.0 Å². The summed E-state index contributed by atoms with van der Waals surface area (Å²) in [5, 5.41) is 16.9. The number of nitrogens with zero attached hydrogens (tertiary/aromatic N) is 4. The molecule has 0 bridgehead atoms. The Kier molecular flexibility index (Phi) is 4.62. The minimum absolute atomic E-state index is 0.367. The summed E-state index contributed by atoms with van der Waals surface area (Å²) in [6.07, 6.45) is 1.87. The van der Waals surface area contributed by atoms with Crippen LogP contribution in [0.15, 0.2) is 9.63 Å². The van der Waals surface area contributed by atoms with Crippen LogP contribution in [0.1, 0.15) is 31.2 Å². The molecule has 2 rings (SSSR count). The molecule has 0 saturated carbocycles. The lowest BCUT2D eigenvalue weighted by atomic mass is 9.93. The number of piperidine rings is 1. The Balaban J connectivity index is 2.08. The third-order valence-corrected chi connectivity index (χ3v) is 4.92. The SMILES string of the molecule is CCC1CN(Cc2c(Br)c(C)nn2C)CCC1=NO. The monoisotopic (exact) mass is 328 g/mol. The molecule has 6 heteroatoms. The summed E-state index contributed by atoms with van der Waals surface area (Å²) in [6.45, 7) is 6.92. The zero-order chi connectivity index (χ0) is 14.0. The summed E-state index contributed by atoms with van der Waals surface area (Å²) < 4.78 is 3.04. The molecule has 0 radical (unpaired) electrons. The highest BCUT2D eigenvalue weighted by molar-refractivity contribution is 9.10. The van der Waals surface area contributed by atoms with Gasteiger partial charge in [0.2, 0.25) is 0 Å². The van der Waals surface area contributed by atoms with E-state index in [9.17, 15) is 0 Å². The Hall–Kier alpha value is -0.880. The van der Waals surface area contributed by atoms with E-state index in [1.165, 1.54) is 5.69 Å². The van der Waals surface area contributed by atoms with Crippen molar-refractivity contribution in [3.05, 3.63) is 15.9 Å². The van der Waals surface area contributed by atoms with E-state index >= 15 is 0 Å². The molecule has 1 aromatic rings. The molecular weight excluding hydrogens is 308 g/mol. The third-order valence-electron chi connectivity index (χ3n) is 3.89. The van der Waals surface area contributed by atoms with Crippen molar-refractivity contribution in [2.75, 3.05) is 13.1 Å². The summed E-state index contributed by atoms with van der Waals surface area (Å²) in [7, 11) is 1.98. The molecule has 0 spiro atoms. The number of oxime groups is 1. The lowest BCUT2D eigenvalue weighted by molar-refractivity contribution is 0.215. The molecule has 0 aliphatic carbocycles. The maximum Gasteiger partial charge on any atom is 0.0739 e. The number of hydrogen-bond acceptors (Lipinski definition) is 4. The van der Waals surface area contributed by atoms with Crippen LogP contribution in [0, 0.1) is 12.8 Å². The lowest BCUT2D eigenvalue weighted by Crippen LogP contribution is -2.40. The second-order valence-electron chi connectivity index (χ2n) is 5.15. The number of likely N-dealkylation sites (tertiary alicyclic amines) is 1. The molecule has 2 heterocycles. The van der Waals surface area contributed by atoms with Gasteiger partial charge in [-0.1, -0.05) is 12.1 Å². The van der Waals surface area contributed by atoms with Gasteiger partial charge in [-0.2, -0.15) is 5.10 Å². The molecule has 1 aliphatic rings. The smallest absolute Gasteiger partial charge is 0.0739 e. The largest absolute Gasteiger partial charge is 0.411 e. The van der Waals surface area contributed by atoms with Crippen LogP contribution in [0.25, 0.3) is 0 Å². The van der Waals surface area contributed by atoms with Crippen molar-refractivity contribution in [2.45, 2.75) is 33.2 Å². The van der Waals surface area contributed by atoms with Crippen molar-refractivity contribution in [2.24, 2.45) is 18.1 Å². The highest BCUT2D eigenvalue weighted by atomic mass is 79.9. The topological polar surface area (TPSA) is 53.7 Å². The van der Waals surface area contributed by atoms with E-state index in [0.717, 1.165) is 48.4 Å². The Labute approximate surface area is 122 Å². The standard InChI is InChI=1S/C13H21BrN4O/c1-4-10-7-18(6-5-11(10)16-19)8-12-13(14)9(2)15-17(12)3/h10,19H,4-8H2,1-3H3. The molecule has 1 N–H and O–H groups in total. The van der Waals surface area contributed by atoms with Crippen molar-refractivity contribution in [3.63, 3.8) is 0 Å². The quantitative estimate of drug-likeness (QED) is 0.685. The van der Waals surface area contributed by atoms with Crippen molar-refractivity contribution >= 4 is 21.6 Å². The van der Waals surface area contributed by atoms with E-state index < -0.39 is 0 Å². The molecule has 5 nitrogen and oxygen atoms in total. The van der Waals surface area contributed by atoms with Crippen LogP contribution in [-0.4, -0.2) is 38.7 Å². The van der Waals surface area contributed by atoms with Crippen molar-refractivity contribution in [1.29, 1.82) is 0 Å². The Morgan fingerprint density at radius 3 is 2.79 bits per heavy atom. The first-order valence-corrected chi connectivity index (χ1v) is 7.47. The van der Waals surface area contributed by atoms with E-state index in [4.69, 9.17) is 5.21 Å². The van der Waals surface area contributed by atoms with Gasteiger partial charge in [0.25, 0.3) is 0 Å². The molecule has 1 aromatic heterocycles. The predicted octanol–water partition coefficient (Wildman–Crippen LogP) is 2.55. The van der Waals surface area contributed by atoms with Crippen LogP contribution < -0.4 is 0 Å². The molecule has 1 atom stereocenters. The van der Waals surface area contributed by atoms with Crippen molar-refractivity contribution < 1.29 is 5.21 Å². The van der Waals surface area contributed by atoms with Crippen LogP contribution in [0.5, 0.6) is 0 Å². The lowest BCUT2D eigenvalue weighted by Gasteiger charge is -2.32. The maximum absolute atomic E-state index is 9.01. The molecule has 1 saturated heterocycles. The van der Waals surface area contributed by atoms with Crippen LogP contribution in [0.4, 0.5) is 0 Å². The average molecular weight is 329 g/mol. The van der Waals surface area contributed by atoms with E-state index in [1.54, 1.807) is 0 Å². The molecule has 19 heavy (non-hydrogen) atoms. The van der Waals surface area contributed by atoms with Gasteiger partial charge < -0.3 is 5.21 Å². The summed E-state index contributed by atoms with van der Waals surface area (Å²) in [4.78, 5) is 2.41. The van der Waals surface area contributed by atoms with E-state index in [0.29, 0.717) is 5.92 Å². The third kappa shape index (κ3) is 3.00. The van der Waals surface area contributed by atoms with Gasteiger partial charge in [-0.25, -0.2) is 0 Å². The van der Waals surface area contributed by atoms with Gasteiger partial charge in [0.05, 0.1) is 21.6 Å². The van der Waals surface area contributed by atoms with Gasteiger partial charge in [0.15, 0.2) is 0 Å². The zero-order valence-corrected chi connectivity index (χ0v) is 13.3. The Morgan fingerprint density at radius 2 is 2.26 bits per heavy atom. The Bertz CT molecular complexity index is 483. The van der Waals surface area contributed by atoms with Gasteiger partial charge in [-0.05, 0) is 29.3 Å². The average Bonchev–Trinajstić information content (AvgIpc) is 2.65. The molecule has 0 amide bonds. The number of aryl methyl sites for hydroxylation is 2. The van der Waals surface area contributed by atoms with Gasteiger partial charge >= 0.3 is 0 Å². The summed E-state index contributed by atoms with van der Waals surface area (Å²) in [5.74, 6) is 0.367. The summed E-state index contributed by atoms with van der Waals surface area (Å²) in [6, 6.07) is 0. The van der Waals surface area contributed by atoms with E-state index in [1.807, 2.05) is 18.7 Å². The van der Waals surface area contributed by atoms with Crippen molar-refractivity contribution in [3.8, 4) is 0 Å². The minimum atomic E-state index is 0.367. The normalized spacial score (nSPS) is 23.2. The zero-order valence-electron chi connectivity index (χ0n) is 11.7. The second kappa shape index (κ2) is 6.05. The Morgan fingerprint density at radius 1 is 1.53 bits per heavy atom. The number of hydrogen-bond donors (Lipinski definition) is 1. The fourth-order valence-electron chi connectivity index (χ4n) is 2.69. The van der Waals surface area contributed by atoms with Crippen LogP contribution >= 0.6 is 15.9 Å². The number of halogens is 1. The molecular formula is C13H21BrN4O. The molecule has 1 fully saturated rings. The summed E-state index contributed by atoms with van der Waals surface area (Å²) in [5.41, 5.74) is 3.18. The van der Waals surface area contributed by atoms with Crippen LogP contribution in [0.2, 0.25) is 0 Å². The van der Waals surface area contributed by atoms with Gasteiger partial charge in [0.1, 0.15) is 0 Å². The molecule has 1 unspecified atom stereocenters. The van der Waals surface area contributed by atoms with Gasteiger partial charge in [-0.15, -0.1) is 0 Å². The highest BCUT2D eigenvalue weighted by Crippen LogP contribution is 2.24. The number of aromatic nitrogens is 2. The fraction of sp³-hybridized carbons (Fsp3) is 0.692. The number of rotatable bonds is 3. The van der Waals surface area contributed by atoms with Crippen LogP contribution in [-0.2, 0) is 13.6 Å². The van der Waals surface area contributed by atoms with Gasteiger partial charge in [-0.3, -0.25) is 9.58 Å². The fourth-order valence-corrected chi connectivity index (χ4v) is 3.15. The van der Waals surface area contributed by atoms with Crippen LogP contribution in [0.3, 0.4) is 0 Å². The minimum Gasteiger partial charge on any atom is -0.411 e. The van der Waals surface area contributed by atoms with Gasteiger partial charge in [0, 0.05) is 39.0 Å². The van der Waals surface area contributed by atoms with Crippen molar-refractivity contribution in [1.82, 2.24) is 14.7 Å². The van der Waals surface area contributed by atoms with E-state index in [-0.39, 0.29) is 0 Å². The molecule has 106 valence electrons. The summed E-state index contributed by atoms with van der Waals surface area (Å²) >= 11 is 3.61. The first-order chi connectivity index (χ1) is 9.06. The first-order valence-electron chi connectivity index (χ1n) is 6.68. The highest BCUT2D eigenvalue weighted by Gasteiger charge is 2.26. The second-order valence-corrected chi connectivity index (χ2v) is 5.94.